The van der Waals surface area contributed by atoms with Gasteiger partial charge in [-0.1, -0.05) is 59.7 Å². The Morgan fingerprint density at radius 2 is 0.742 bits per heavy atom. The Kier molecular flexibility index (Phi) is 19.4. The number of hydrogen-bond acceptors (Lipinski definition) is 12. The second-order valence-electron chi connectivity index (χ2n) is 20.8. The molecule has 3 aromatic rings. The van der Waals surface area contributed by atoms with E-state index in [-0.39, 0.29) is 19.8 Å². The first-order valence-electron chi connectivity index (χ1n) is 25.8. The minimum absolute atomic E-state index is 0.256. The summed E-state index contributed by atoms with van der Waals surface area (Å²) in [4.78, 5) is 22.1. The largest absolute Gasteiger partial charge is 0.395 e. The average molecular weight is 913 g/mol. The molecule has 0 amide bonds. The van der Waals surface area contributed by atoms with Crippen LogP contribution in [0.3, 0.4) is 0 Å². The van der Waals surface area contributed by atoms with Crippen LogP contribution in [0.25, 0.3) is 0 Å². The number of likely N-dealkylation sites (tertiary alicyclic amines) is 3. The SMILES string of the molecule is CC(C)c1ccc([C@@H]2CCOC2)c(CN2CCC[C@@H]2CO)n1.CC(C)c1ccc([C@@H]2CCOC2)c(CN2CCC[C@H]2CO)n1.CC(C)c1ccc([C@H]2CCOC2)c(CN2CCC[C@H]2CO)n1. The van der Waals surface area contributed by atoms with Crippen LogP contribution >= 0.6 is 0 Å². The molecular formula is C54H84N6O6. The molecule has 0 bridgehead atoms. The van der Waals surface area contributed by atoms with Gasteiger partial charge in [0.15, 0.2) is 0 Å². The van der Waals surface area contributed by atoms with Gasteiger partial charge in [-0.05, 0) is 130 Å². The van der Waals surface area contributed by atoms with Crippen LogP contribution in [0.2, 0.25) is 0 Å². The summed E-state index contributed by atoms with van der Waals surface area (Å²) in [5, 5.41) is 28.7. The molecule has 6 aliphatic rings. The maximum Gasteiger partial charge on any atom is 0.0587 e. The highest BCUT2D eigenvalue weighted by molar-refractivity contribution is 5.31. The summed E-state index contributed by atoms with van der Waals surface area (Å²) in [7, 11) is 0. The standard InChI is InChI=1S/3C18H28N2O2/c3*1-13(2)17-6-5-16(14-7-9-22-12-14)18(19-17)10-20-8-3-4-15(20)11-21/h3*5-6,13-15,21H,3-4,7-12H2,1-2H3/t14-,15+;2*14-,15-/m110/s1. The maximum atomic E-state index is 9.56. The highest BCUT2D eigenvalue weighted by Gasteiger charge is 2.31. The van der Waals surface area contributed by atoms with Crippen molar-refractivity contribution in [1.29, 1.82) is 0 Å². The van der Waals surface area contributed by atoms with Crippen molar-refractivity contribution in [3.8, 4) is 0 Å². The van der Waals surface area contributed by atoms with Crippen LogP contribution in [0.5, 0.6) is 0 Å². The van der Waals surface area contributed by atoms with Gasteiger partial charge in [-0.2, -0.15) is 0 Å². The lowest BCUT2D eigenvalue weighted by Crippen LogP contribution is -2.32. The fourth-order valence-electron chi connectivity index (χ4n) is 10.9. The summed E-state index contributed by atoms with van der Waals surface area (Å²) < 4.78 is 16.7. The number of hydrogen-bond donors (Lipinski definition) is 3. The summed E-state index contributed by atoms with van der Waals surface area (Å²) in [6, 6.07) is 14.2. The third kappa shape index (κ3) is 13.2. The van der Waals surface area contributed by atoms with Gasteiger partial charge in [0.25, 0.3) is 0 Å². The number of nitrogens with zero attached hydrogens (tertiary/aromatic N) is 6. The molecule has 9 heterocycles. The zero-order valence-electron chi connectivity index (χ0n) is 41.4. The van der Waals surface area contributed by atoms with Gasteiger partial charge < -0.3 is 29.5 Å². The Morgan fingerprint density at radius 1 is 0.455 bits per heavy atom. The van der Waals surface area contributed by atoms with E-state index in [1.807, 2.05) is 0 Å². The molecule has 0 saturated carbocycles. The number of pyridine rings is 3. The third-order valence-electron chi connectivity index (χ3n) is 15.2. The third-order valence-corrected chi connectivity index (χ3v) is 15.2. The van der Waals surface area contributed by atoms with Gasteiger partial charge >= 0.3 is 0 Å². The first kappa shape index (κ1) is 51.0. The van der Waals surface area contributed by atoms with E-state index >= 15 is 0 Å². The Hall–Kier alpha value is -2.91. The molecular weight excluding hydrogens is 829 g/mol. The predicted molar refractivity (Wildman–Crippen MR) is 261 cm³/mol. The highest BCUT2D eigenvalue weighted by atomic mass is 16.5. The molecule has 0 unspecified atom stereocenters. The smallest absolute Gasteiger partial charge is 0.0587 e. The number of aliphatic hydroxyl groups excluding tert-OH is 3. The second kappa shape index (κ2) is 25.1. The van der Waals surface area contributed by atoms with Crippen LogP contribution in [0.4, 0.5) is 0 Å². The Bertz CT molecular complexity index is 1710. The van der Waals surface area contributed by atoms with Crippen molar-refractivity contribution >= 4 is 0 Å². The van der Waals surface area contributed by atoms with E-state index in [4.69, 9.17) is 29.2 Å². The van der Waals surface area contributed by atoms with Crippen molar-refractivity contribution in [3.63, 3.8) is 0 Å². The number of aliphatic hydroxyl groups is 3. The van der Waals surface area contributed by atoms with E-state index in [1.165, 1.54) is 53.0 Å². The van der Waals surface area contributed by atoms with Crippen LogP contribution in [0.1, 0.15) is 186 Å². The molecule has 0 aliphatic carbocycles. The summed E-state index contributed by atoms with van der Waals surface area (Å²) in [5.74, 6) is 2.79. The van der Waals surface area contributed by atoms with E-state index in [2.05, 4.69) is 92.6 Å². The van der Waals surface area contributed by atoms with Crippen LogP contribution in [0.15, 0.2) is 36.4 Å². The first-order valence-corrected chi connectivity index (χ1v) is 25.8. The van der Waals surface area contributed by atoms with E-state index in [1.54, 1.807) is 0 Å². The lowest BCUT2D eigenvalue weighted by Gasteiger charge is -2.25. The zero-order valence-corrected chi connectivity index (χ0v) is 41.4. The van der Waals surface area contributed by atoms with Gasteiger partial charge in [-0.25, -0.2) is 0 Å². The quantitative estimate of drug-likeness (QED) is 0.136. The zero-order chi connectivity index (χ0) is 46.6. The molecule has 9 rings (SSSR count). The molecule has 0 radical (unpaired) electrons. The summed E-state index contributed by atoms with van der Waals surface area (Å²) in [6.07, 6.45) is 10.1. The highest BCUT2D eigenvalue weighted by Crippen LogP contribution is 2.34. The van der Waals surface area contributed by atoms with Gasteiger partial charge in [0, 0.05) is 92.4 Å². The van der Waals surface area contributed by atoms with Crippen LogP contribution < -0.4 is 0 Å². The topological polar surface area (TPSA) is 137 Å². The van der Waals surface area contributed by atoms with Gasteiger partial charge in [-0.15, -0.1) is 0 Å². The summed E-state index contributed by atoms with van der Waals surface area (Å²) in [5.41, 5.74) is 11.1. The molecule has 6 saturated heterocycles. The van der Waals surface area contributed by atoms with Gasteiger partial charge in [0.2, 0.25) is 0 Å². The Labute approximate surface area is 396 Å². The van der Waals surface area contributed by atoms with E-state index in [0.717, 1.165) is 135 Å². The minimum atomic E-state index is 0.256. The van der Waals surface area contributed by atoms with Crippen molar-refractivity contribution in [2.45, 2.75) is 173 Å². The normalized spacial score (nSPS) is 26.2. The van der Waals surface area contributed by atoms with Crippen LogP contribution in [0, 0.1) is 0 Å². The first-order chi connectivity index (χ1) is 32.1. The lowest BCUT2D eigenvalue weighted by atomic mass is 9.95. The van der Waals surface area contributed by atoms with Gasteiger partial charge in [0.1, 0.15) is 0 Å². The molecule has 0 aromatic carbocycles. The molecule has 3 N–H and O–H groups in total. The maximum absolute atomic E-state index is 9.56. The minimum Gasteiger partial charge on any atom is -0.395 e. The molecule has 12 nitrogen and oxygen atoms in total. The molecule has 12 heteroatoms. The van der Waals surface area contributed by atoms with Crippen molar-refractivity contribution in [2.24, 2.45) is 0 Å². The van der Waals surface area contributed by atoms with Crippen LogP contribution in [-0.4, -0.2) is 142 Å². The van der Waals surface area contributed by atoms with E-state index in [0.29, 0.717) is 53.6 Å². The van der Waals surface area contributed by atoms with E-state index < -0.39 is 0 Å². The number of rotatable bonds is 15. The average Bonchev–Trinajstić information content (AvgIpc) is 4.19. The predicted octanol–water partition coefficient (Wildman–Crippen LogP) is 8.00. The second-order valence-corrected chi connectivity index (χ2v) is 20.8. The lowest BCUT2D eigenvalue weighted by molar-refractivity contribution is 0.151. The molecule has 366 valence electrons. The molecule has 0 spiro atoms. The number of aromatic nitrogens is 3. The number of ether oxygens (including phenoxy) is 3. The fraction of sp³-hybridized carbons (Fsp3) is 0.722. The molecule has 6 fully saturated rings. The molecule has 6 aliphatic heterocycles. The van der Waals surface area contributed by atoms with Crippen molar-refractivity contribution < 1.29 is 29.5 Å². The summed E-state index contributed by atoms with van der Waals surface area (Å²) >= 11 is 0. The summed E-state index contributed by atoms with van der Waals surface area (Å²) in [6.45, 7) is 24.7. The van der Waals surface area contributed by atoms with Crippen molar-refractivity contribution in [3.05, 3.63) is 87.3 Å². The van der Waals surface area contributed by atoms with Crippen molar-refractivity contribution in [2.75, 3.05) is 79.1 Å². The molecule has 66 heavy (non-hydrogen) atoms. The monoisotopic (exact) mass is 913 g/mol. The van der Waals surface area contributed by atoms with Crippen molar-refractivity contribution in [1.82, 2.24) is 29.7 Å². The van der Waals surface area contributed by atoms with Crippen LogP contribution in [-0.2, 0) is 33.8 Å². The molecule has 6 atom stereocenters. The Balaban J connectivity index is 0.000000147. The fourth-order valence-corrected chi connectivity index (χ4v) is 10.9. The molecule has 3 aromatic heterocycles. The Morgan fingerprint density at radius 3 is 0.970 bits per heavy atom. The van der Waals surface area contributed by atoms with E-state index in [9.17, 15) is 15.3 Å². The van der Waals surface area contributed by atoms with Gasteiger partial charge in [0.05, 0.1) is 56.7 Å². The van der Waals surface area contributed by atoms with Gasteiger partial charge in [-0.3, -0.25) is 29.7 Å².